The van der Waals surface area contributed by atoms with Gasteiger partial charge in [0.2, 0.25) is 0 Å². The van der Waals surface area contributed by atoms with Gasteiger partial charge in [-0.1, -0.05) is 25.5 Å². The Balaban J connectivity index is 1.78. The van der Waals surface area contributed by atoms with Crippen LogP contribution in [0.1, 0.15) is 25.3 Å². The Bertz CT molecular complexity index is 1070. The highest BCUT2D eigenvalue weighted by Gasteiger charge is 2.17. The molecule has 0 spiro atoms. The van der Waals surface area contributed by atoms with E-state index in [1.807, 2.05) is 18.2 Å². The highest BCUT2D eigenvalue weighted by molar-refractivity contribution is 8.01. The molecule has 7 nitrogen and oxygen atoms in total. The number of unbranched alkanes of at least 4 members (excludes halogenated alkanes) is 1. The Hall–Kier alpha value is -2.23. The van der Waals surface area contributed by atoms with Crippen LogP contribution in [0.5, 0.6) is 0 Å². The van der Waals surface area contributed by atoms with E-state index in [-0.39, 0.29) is 6.61 Å². The van der Waals surface area contributed by atoms with Crippen LogP contribution in [0.15, 0.2) is 34.0 Å². The first kappa shape index (κ1) is 17.2. The van der Waals surface area contributed by atoms with Crippen molar-refractivity contribution >= 4 is 50.3 Å². The van der Waals surface area contributed by atoms with Crippen LogP contribution in [0, 0.1) is 0 Å². The third-order valence-electron chi connectivity index (χ3n) is 4.09. The van der Waals surface area contributed by atoms with Crippen molar-refractivity contribution in [3.63, 3.8) is 0 Å². The molecule has 0 aliphatic rings. The molecule has 0 atom stereocenters. The molecule has 0 saturated heterocycles. The van der Waals surface area contributed by atoms with Crippen molar-refractivity contribution in [2.45, 2.75) is 42.4 Å². The molecule has 0 fully saturated rings. The van der Waals surface area contributed by atoms with Crippen LogP contribution in [-0.4, -0.2) is 29.6 Å². The summed E-state index contributed by atoms with van der Waals surface area (Å²) >= 11 is 3.06. The van der Waals surface area contributed by atoms with Gasteiger partial charge in [-0.15, -0.1) is 11.3 Å². The molecule has 3 N–H and O–H groups in total. The summed E-state index contributed by atoms with van der Waals surface area (Å²) in [7, 11) is 0. The highest BCUT2D eigenvalue weighted by atomic mass is 32.2. The fourth-order valence-electron chi connectivity index (χ4n) is 2.76. The number of imidazole rings is 1. The number of nitrogen functional groups attached to an aromatic ring is 1. The maximum Gasteiger partial charge on any atom is 0.177 e. The molecule has 0 saturated carbocycles. The van der Waals surface area contributed by atoms with Crippen molar-refractivity contribution in [3.8, 4) is 0 Å². The first-order valence-electron chi connectivity index (χ1n) is 8.35. The number of aromatic nitrogens is 5. The number of benzene rings is 1. The van der Waals surface area contributed by atoms with Crippen molar-refractivity contribution in [2.24, 2.45) is 0 Å². The van der Waals surface area contributed by atoms with Gasteiger partial charge >= 0.3 is 0 Å². The third kappa shape index (κ3) is 3.02. The summed E-state index contributed by atoms with van der Waals surface area (Å²) in [4.78, 5) is 17.8. The second-order valence-corrected chi connectivity index (χ2v) is 8.05. The fourth-order valence-corrected chi connectivity index (χ4v) is 4.93. The van der Waals surface area contributed by atoms with Crippen molar-refractivity contribution in [1.29, 1.82) is 0 Å². The molecule has 134 valence electrons. The first-order valence-corrected chi connectivity index (χ1v) is 9.98. The number of anilines is 1. The molecule has 9 heteroatoms. The number of hydrogen-bond acceptors (Lipinski definition) is 8. The largest absolute Gasteiger partial charge is 0.392 e. The number of nitrogens with zero attached hydrogens (tertiary/aromatic N) is 5. The van der Waals surface area contributed by atoms with E-state index in [2.05, 4.69) is 31.4 Å². The van der Waals surface area contributed by atoms with E-state index in [9.17, 15) is 5.11 Å². The van der Waals surface area contributed by atoms with E-state index in [0.717, 1.165) is 50.3 Å². The summed E-state index contributed by atoms with van der Waals surface area (Å²) in [6, 6.07) is 5.79. The van der Waals surface area contributed by atoms with Crippen LogP contribution in [0.25, 0.3) is 21.4 Å². The lowest BCUT2D eigenvalue weighted by Crippen LogP contribution is -2.01. The van der Waals surface area contributed by atoms with Gasteiger partial charge in [0.15, 0.2) is 26.5 Å². The third-order valence-corrected chi connectivity index (χ3v) is 6.29. The van der Waals surface area contributed by atoms with Gasteiger partial charge < -0.3 is 15.4 Å². The SMILES string of the molecule is CCCCn1c(Sc2nc3cccc(CO)c3s2)nc2c(N)ncnc21. The van der Waals surface area contributed by atoms with Gasteiger partial charge in [-0.3, -0.25) is 0 Å². The Kier molecular flexibility index (Phi) is 4.75. The predicted octanol–water partition coefficient (Wildman–Crippen LogP) is 3.46. The smallest absolute Gasteiger partial charge is 0.177 e. The van der Waals surface area contributed by atoms with Crippen molar-refractivity contribution in [1.82, 2.24) is 24.5 Å². The van der Waals surface area contributed by atoms with Gasteiger partial charge in [-0.05, 0) is 29.8 Å². The van der Waals surface area contributed by atoms with Gasteiger partial charge in [-0.25, -0.2) is 19.9 Å². The number of aryl methyl sites for hydroxylation is 1. The number of hydrogen-bond donors (Lipinski definition) is 2. The summed E-state index contributed by atoms with van der Waals surface area (Å²) in [5.41, 5.74) is 9.14. The normalized spacial score (nSPS) is 11.6. The maximum absolute atomic E-state index is 9.53. The molecule has 1 aromatic carbocycles. The first-order chi connectivity index (χ1) is 12.7. The van der Waals surface area contributed by atoms with Crippen LogP contribution in [0.2, 0.25) is 0 Å². The van der Waals surface area contributed by atoms with Gasteiger partial charge in [-0.2, -0.15) is 0 Å². The summed E-state index contributed by atoms with van der Waals surface area (Å²) in [6.45, 7) is 2.97. The lowest BCUT2D eigenvalue weighted by atomic mass is 10.2. The molecule has 0 aliphatic carbocycles. The van der Waals surface area contributed by atoms with Gasteiger partial charge in [0.05, 0.1) is 16.8 Å². The van der Waals surface area contributed by atoms with Crippen LogP contribution in [0.3, 0.4) is 0 Å². The standard InChI is InChI=1S/C17H18N6OS2/c1-2-3-7-23-15-12(14(18)19-9-20-15)22-16(23)26-17-21-11-6-4-5-10(8-24)13(11)25-17/h4-6,9,24H,2-3,7-8H2,1H3,(H2,18,19,20). The monoisotopic (exact) mass is 386 g/mol. The minimum absolute atomic E-state index is 0.00474. The van der Waals surface area contributed by atoms with Crippen LogP contribution < -0.4 is 5.73 Å². The Morgan fingerprint density at radius 3 is 2.96 bits per heavy atom. The Labute approximate surface area is 158 Å². The number of thiazole rings is 1. The van der Waals surface area contributed by atoms with Crippen molar-refractivity contribution < 1.29 is 5.11 Å². The predicted molar refractivity (Wildman–Crippen MR) is 104 cm³/mol. The zero-order chi connectivity index (χ0) is 18.1. The number of rotatable bonds is 6. The molecule has 3 heterocycles. The molecule has 0 unspecified atom stereocenters. The minimum Gasteiger partial charge on any atom is -0.392 e. The van der Waals surface area contributed by atoms with Gasteiger partial charge in [0.25, 0.3) is 0 Å². The molecule has 4 aromatic rings. The molecule has 0 bridgehead atoms. The van der Waals surface area contributed by atoms with E-state index < -0.39 is 0 Å². The molecule has 26 heavy (non-hydrogen) atoms. The zero-order valence-electron chi connectivity index (χ0n) is 14.2. The quantitative estimate of drug-likeness (QED) is 0.523. The van der Waals surface area contributed by atoms with Crippen LogP contribution in [0.4, 0.5) is 5.82 Å². The van der Waals surface area contributed by atoms with E-state index >= 15 is 0 Å². The molecular formula is C17H18N6OS2. The lowest BCUT2D eigenvalue weighted by Gasteiger charge is -2.05. The molecule has 4 rings (SSSR count). The van der Waals surface area contributed by atoms with E-state index in [4.69, 9.17) is 5.73 Å². The summed E-state index contributed by atoms with van der Waals surface area (Å²) in [5, 5.41) is 10.3. The highest BCUT2D eigenvalue weighted by Crippen LogP contribution is 2.37. The van der Waals surface area contributed by atoms with E-state index in [1.54, 1.807) is 11.3 Å². The molecule has 3 aromatic heterocycles. The van der Waals surface area contributed by atoms with E-state index in [0.29, 0.717) is 11.3 Å². The summed E-state index contributed by atoms with van der Waals surface area (Å²) in [5.74, 6) is 0.388. The number of nitrogens with two attached hydrogens (primary N) is 1. The zero-order valence-corrected chi connectivity index (χ0v) is 15.8. The second-order valence-electron chi connectivity index (χ2n) is 5.84. The number of fused-ring (bicyclic) bond motifs is 2. The van der Waals surface area contributed by atoms with Crippen molar-refractivity contribution in [3.05, 3.63) is 30.1 Å². The van der Waals surface area contributed by atoms with Gasteiger partial charge in [0.1, 0.15) is 6.33 Å². The van der Waals surface area contributed by atoms with E-state index in [1.165, 1.54) is 18.1 Å². The average molecular weight is 387 g/mol. The second kappa shape index (κ2) is 7.18. The number of aliphatic hydroxyl groups is 1. The van der Waals surface area contributed by atoms with Crippen molar-refractivity contribution in [2.75, 3.05) is 5.73 Å². The lowest BCUT2D eigenvalue weighted by molar-refractivity contribution is 0.283. The van der Waals surface area contributed by atoms with Crippen LogP contribution >= 0.6 is 23.1 Å². The summed E-state index contributed by atoms with van der Waals surface area (Å²) < 4.78 is 3.97. The molecule has 0 radical (unpaired) electrons. The minimum atomic E-state index is 0.00474. The van der Waals surface area contributed by atoms with Crippen LogP contribution in [-0.2, 0) is 13.2 Å². The number of aliphatic hydroxyl groups excluding tert-OH is 1. The molecule has 0 aliphatic heterocycles. The average Bonchev–Trinajstić information content (AvgIpc) is 3.21. The fraction of sp³-hybridized carbons (Fsp3) is 0.294. The Morgan fingerprint density at radius 1 is 1.27 bits per heavy atom. The molecular weight excluding hydrogens is 368 g/mol. The summed E-state index contributed by atoms with van der Waals surface area (Å²) in [6.07, 6.45) is 3.57. The molecule has 0 amide bonds. The topological polar surface area (TPSA) is 103 Å². The Morgan fingerprint density at radius 2 is 2.15 bits per heavy atom. The maximum atomic E-state index is 9.53. The van der Waals surface area contributed by atoms with Gasteiger partial charge in [0, 0.05) is 6.54 Å².